The van der Waals surface area contributed by atoms with Gasteiger partial charge < -0.3 is 15.0 Å². The highest BCUT2D eigenvalue weighted by Gasteiger charge is 2.24. The minimum Gasteiger partial charge on any atom is -0.478 e. The Labute approximate surface area is 136 Å². The Bertz CT molecular complexity index is 835. The third-order valence-corrected chi connectivity index (χ3v) is 4.17. The lowest BCUT2D eigenvalue weighted by Crippen LogP contribution is -2.19. The van der Waals surface area contributed by atoms with Gasteiger partial charge in [-0.2, -0.15) is 0 Å². The first-order valence-corrected chi connectivity index (χ1v) is 7.59. The molecule has 0 saturated carbocycles. The number of thioether (sulfide) groups is 1. The summed E-state index contributed by atoms with van der Waals surface area (Å²) in [6.07, 6.45) is 3.71. The zero-order valence-corrected chi connectivity index (χ0v) is 13.0. The predicted molar refractivity (Wildman–Crippen MR) is 89.6 cm³/mol. The number of carbonyl (C=O) groups is 2. The second-order valence-electron chi connectivity index (χ2n) is 4.88. The van der Waals surface area contributed by atoms with E-state index in [0.29, 0.717) is 15.8 Å². The van der Waals surface area contributed by atoms with Gasteiger partial charge in [-0.25, -0.2) is 9.79 Å². The summed E-state index contributed by atoms with van der Waals surface area (Å²) in [7, 11) is 1.91. The smallest absolute Gasteiger partial charge is 0.335 e. The molecule has 1 aliphatic heterocycles. The molecular weight excluding hydrogens is 314 g/mol. The van der Waals surface area contributed by atoms with E-state index in [1.807, 2.05) is 29.9 Å². The van der Waals surface area contributed by atoms with Crippen molar-refractivity contribution in [2.24, 2.45) is 12.0 Å². The highest BCUT2D eigenvalue weighted by molar-refractivity contribution is 8.18. The fraction of sp³-hybridized carbons (Fsp3) is 0.0625. The minimum atomic E-state index is -0.986. The van der Waals surface area contributed by atoms with Crippen molar-refractivity contribution in [3.8, 4) is 0 Å². The van der Waals surface area contributed by atoms with Crippen LogP contribution in [-0.4, -0.2) is 26.7 Å². The monoisotopic (exact) mass is 327 g/mol. The lowest BCUT2D eigenvalue weighted by molar-refractivity contribution is -0.115. The SMILES string of the molecule is Cn1cccc1/C=C1/SC(=Nc2ccc(C(=O)O)cc2)NC1=O. The predicted octanol–water partition coefficient (Wildman–Crippen LogP) is 2.61. The summed E-state index contributed by atoms with van der Waals surface area (Å²) in [5.41, 5.74) is 1.70. The molecule has 1 aromatic heterocycles. The fourth-order valence-corrected chi connectivity index (χ4v) is 2.86. The van der Waals surface area contributed by atoms with Crippen LogP contribution in [0.2, 0.25) is 0 Å². The summed E-state index contributed by atoms with van der Waals surface area (Å²) in [6, 6.07) is 9.97. The van der Waals surface area contributed by atoms with Crippen LogP contribution in [-0.2, 0) is 11.8 Å². The number of carboxylic acids is 1. The van der Waals surface area contributed by atoms with Crippen LogP contribution in [0.15, 0.2) is 52.5 Å². The number of carbonyl (C=O) groups excluding carboxylic acids is 1. The number of rotatable bonds is 3. The van der Waals surface area contributed by atoms with Crippen LogP contribution in [0.4, 0.5) is 5.69 Å². The van der Waals surface area contributed by atoms with Crippen LogP contribution in [0.5, 0.6) is 0 Å². The molecule has 2 heterocycles. The molecule has 0 aliphatic carbocycles. The highest BCUT2D eigenvalue weighted by Crippen LogP contribution is 2.28. The summed E-state index contributed by atoms with van der Waals surface area (Å²) in [5.74, 6) is -1.18. The molecule has 7 heteroatoms. The first-order valence-electron chi connectivity index (χ1n) is 6.77. The zero-order valence-electron chi connectivity index (χ0n) is 12.2. The van der Waals surface area contributed by atoms with Crippen LogP contribution in [0, 0.1) is 0 Å². The van der Waals surface area contributed by atoms with Crippen LogP contribution in [0.3, 0.4) is 0 Å². The summed E-state index contributed by atoms with van der Waals surface area (Å²) >= 11 is 1.25. The van der Waals surface area contributed by atoms with E-state index in [-0.39, 0.29) is 11.5 Å². The Morgan fingerprint density at radius 3 is 2.65 bits per heavy atom. The number of amidine groups is 1. The number of amides is 1. The van der Waals surface area contributed by atoms with E-state index in [1.54, 1.807) is 18.2 Å². The number of benzene rings is 1. The van der Waals surface area contributed by atoms with Gasteiger partial charge in [0.1, 0.15) is 0 Å². The van der Waals surface area contributed by atoms with E-state index in [0.717, 1.165) is 5.69 Å². The van der Waals surface area contributed by atoms with Crippen LogP contribution < -0.4 is 5.32 Å². The number of hydrogen-bond donors (Lipinski definition) is 2. The van der Waals surface area contributed by atoms with Crippen LogP contribution in [0.1, 0.15) is 16.1 Å². The Kier molecular flexibility index (Phi) is 4.03. The maximum atomic E-state index is 12.0. The number of hydrogen-bond acceptors (Lipinski definition) is 4. The summed E-state index contributed by atoms with van der Waals surface area (Å²) in [4.78, 5) is 27.7. The number of nitrogens with zero attached hydrogens (tertiary/aromatic N) is 2. The van der Waals surface area contributed by atoms with Gasteiger partial charge >= 0.3 is 5.97 Å². The largest absolute Gasteiger partial charge is 0.478 e. The number of carboxylic acid groups (broad SMARTS) is 1. The summed E-state index contributed by atoms with van der Waals surface area (Å²) < 4.78 is 1.92. The van der Waals surface area contributed by atoms with Crippen LogP contribution >= 0.6 is 11.8 Å². The molecule has 0 bridgehead atoms. The van der Waals surface area contributed by atoms with Gasteiger partial charge in [0.15, 0.2) is 5.17 Å². The molecule has 23 heavy (non-hydrogen) atoms. The molecule has 6 nitrogen and oxygen atoms in total. The van der Waals surface area contributed by atoms with E-state index in [1.165, 1.54) is 23.9 Å². The number of aromatic carboxylic acids is 1. The normalized spacial score (nSPS) is 17.7. The molecule has 0 atom stereocenters. The van der Waals surface area contributed by atoms with Crippen molar-refractivity contribution in [2.45, 2.75) is 0 Å². The molecule has 0 spiro atoms. The number of nitrogens with one attached hydrogen (secondary N) is 1. The average molecular weight is 327 g/mol. The molecule has 3 rings (SSSR count). The van der Waals surface area contributed by atoms with Crippen molar-refractivity contribution in [2.75, 3.05) is 0 Å². The zero-order chi connectivity index (χ0) is 16.4. The fourth-order valence-electron chi connectivity index (χ4n) is 2.03. The Morgan fingerprint density at radius 2 is 2.04 bits per heavy atom. The molecule has 2 N–H and O–H groups in total. The average Bonchev–Trinajstić information content (AvgIpc) is 3.07. The Hall–Kier alpha value is -2.80. The minimum absolute atomic E-state index is 0.196. The molecule has 1 fully saturated rings. The molecule has 1 saturated heterocycles. The van der Waals surface area contributed by atoms with Gasteiger partial charge in [0.25, 0.3) is 5.91 Å². The second kappa shape index (κ2) is 6.13. The van der Waals surface area contributed by atoms with Crippen LogP contribution in [0.25, 0.3) is 6.08 Å². The van der Waals surface area contributed by atoms with Crippen molar-refractivity contribution in [3.05, 3.63) is 58.8 Å². The maximum Gasteiger partial charge on any atom is 0.335 e. The van der Waals surface area contributed by atoms with Gasteiger partial charge in [0.05, 0.1) is 16.2 Å². The van der Waals surface area contributed by atoms with E-state index < -0.39 is 5.97 Å². The van der Waals surface area contributed by atoms with Gasteiger partial charge in [-0.15, -0.1) is 0 Å². The van der Waals surface area contributed by atoms with Crippen molar-refractivity contribution in [3.63, 3.8) is 0 Å². The standard InChI is InChI=1S/C16H13N3O3S/c1-19-8-2-3-12(19)9-13-14(20)18-16(23-13)17-11-6-4-10(5-7-11)15(21)22/h2-9H,1H3,(H,21,22)(H,17,18,20)/b13-9+. The molecule has 0 radical (unpaired) electrons. The summed E-state index contributed by atoms with van der Waals surface area (Å²) in [6.45, 7) is 0. The van der Waals surface area contributed by atoms with E-state index in [9.17, 15) is 9.59 Å². The van der Waals surface area contributed by atoms with Gasteiger partial charge in [-0.05, 0) is 54.2 Å². The topological polar surface area (TPSA) is 83.7 Å². The lowest BCUT2D eigenvalue weighted by Gasteiger charge is -1.98. The van der Waals surface area contributed by atoms with Gasteiger partial charge in [0.2, 0.25) is 0 Å². The van der Waals surface area contributed by atoms with E-state index >= 15 is 0 Å². The number of aromatic nitrogens is 1. The van der Waals surface area contributed by atoms with Gasteiger partial charge in [-0.1, -0.05) is 0 Å². The lowest BCUT2D eigenvalue weighted by atomic mass is 10.2. The first kappa shape index (κ1) is 15.1. The Balaban J connectivity index is 1.80. The Morgan fingerprint density at radius 1 is 1.30 bits per heavy atom. The van der Waals surface area contributed by atoms with E-state index in [4.69, 9.17) is 5.11 Å². The molecule has 0 unspecified atom stereocenters. The van der Waals surface area contributed by atoms with E-state index in [2.05, 4.69) is 10.3 Å². The molecule has 1 amide bonds. The molecule has 2 aromatic rings. The molecule has 1 aliphatic rings. The second-order valence-corrected chi connectivity index (χ2v) is 5.91. The number of aliphatic imine (C=N–C) groups is 1. The first-order chi connectivity index (χ1) is 11.0. The van der Waals surface area contributed by atoms with Crippen molar-refractivity contribution in [1.29, 1.82) is 0 Å². The molecule has 116 valence electrons. The van der Waals surface area contributed by atoms with Gasteiger partial charge in [-0.3, -0.25) is 4.79 Å². The van der Waals surface area contributed by atoms with Gasteiger partial charge in [0, 0.05) is 18.9 Å². The quantitative estimate of drug-likeness (QED) is 0.849. The van der Waals surface area contributed by atoms with Crippen molar-refractivity contribution >= 4 is 40.6 Å². The maximum absolute atomic E-state index is 12.0. The molecule has 1 aromatic carbocycles. The third-order valence-electron chi connectivity index (χ3n) is 3.26. The van der Waals surface area contributed by atoms with Crippen molar-refractivity contribution in [1.82, 2.24) is 9.88 Å². The number of aryl methyl sites for hydroxylation is 1. The summed E-state index contributed by atoms with van der Waals surface area (Å²) in [5, 5.41) is 12.0. The third kappa shape index (κ3) is 3.35. The van der Waals surface area contributed by atoms with Crippen molar-refractivity contribution < 1.29 is 14.7 Å². The highest BCUT2D eigenvalue weighted by atomic mass is 32.2. The molecular formula is C16H13N3O3S.